The van der Waals surface area contributed by atoms with Crippen LogP contribution in [0.3, 0.4) is 0 Å². The van der Waals surface area contributed by atoms with Crippen molar-refractivity contribution in [3.8, 4) is 11.5 Å². The van der Waals surface area contributed by atoms with Crippen LogP contribution in [-0.4, -0.2) is 38.4 Å². The number of amides is 2. The molecular weight excluding hydrogens is 348 g/mol. The van der Waals surface area contributed by atoms with Crippen LogP contribution in [0.5, 0.6) is 11.5 Å². The lowest BCUT2D eigenvalue weighted by molar-refractivity contribution is -0.124. The number of hydrogen-bond donors (Lipinski definition) is 2. The highest BCUT2D eigenvalue weighted by molar-refractivity contribution is 5.86. The number of ether oxygens (including phenoxy) is 3. The lowest BCUT2D eigenvalue weighted by Gasteiger charge is -2.24. The van der Waals surface area contributed by atoms with Crippen LogP contribution in [0.1, 0.15) is 52.6 Å². The first-order valence-corrected chi connectivity index (χ1v) is 9.38. The summed E-state index contributed by atoms with van der Waals surface area (Å²) in [6.45, 7) is 10.2. The van der Waals surface area contributed by atoms with Crippen molar-refractivity contribution < 1.29 is 23.8 Å². The summed E-state index contributed by atoms with van der Waals surface area (Å²) in [5.74, 6) is 0.939. The highest BCUT2D eigenvalue weighted by Gasteiger charge is 2.26. The molecule has 2 amide bonds. The first kappa shape index (κ1) is 22.6. The van der Waals surface area contributed by atoms with Gasteiger partial charge >= 0.3 is 6.09 Å². The number of benzene rings is 1. The van der Waals surface area contributed by atoms with Crippen LogP contribution < -0.4 is 20.1 Å². The maximum absolute atomic E-state index is 12.6. The molecule has 0 radical (unpaired) electrons. The Morgan fingerprint density at radius 1 is 1.07 bits per heavy atom. The molecule has 0 aromatic heterocycles. The van der Waals surface area contributed by atoms with Crippen LogP contribution in [0.2, 0.25) is 0 Å². The van der Waals surface area contributed by atoms with Crippen molar-refractivity contribution in [2.75, 3.05) is 20.3 Å². The third-order valence-corrected chi connectivity index (χ3v) is 4.01. The zero-order chi connectivity index (χ0) is 20.4. The molecule has 1 rings (SSSR count). The van der Waals surface area contributed by atoms with Crippen molar-refractivity contribution in [1.82, 2.24) is 10.6 Å². The van der Waals surface area contributed by atoms with Crippen LogP contribution in [-0.2, 0) is 9.53 Å². The minimum absolute atomic E-state index is 0.0824. The Balaban J connectivity index is 2.84. The summed E-state index contributed by atoms with van der Waals surface area (Å²) in [4.78, 5) is 24.3. The fourth-order valence-electron chi connectivity index (χ4n) is 2.51. The summed E-state index contributed by atoms with van der Waals surface area (Å²) in [5.41, 5.74) is 0.877. The lowest BCUT2D eigenvalue weighted by Crippen LogP contribution is -2.50. The Bertz CT molecular complexity index is 618. The highest BCUT2D eigenvalue weighted by Crippen LogP contribution is 2.30. The number of hydrogen-bond acceptors (Lipinski definition) is 5. The van der Waals surface area contributed by atoms with E-state index in [1.807, 2.05) is 45.9 Å². The zero-order valence-corrected chi connectivity index (χ0v) is 17.1. The maximum atomic E-state index is 12.6. The summed E-state index contributed by atoms with van der Waals surface area (Å²) >= 11 is 0. The molecule has 0 saturated heterocycles. The third kappa shape index (κ3) is 7.00. The number of methoxy groups -OCH3 is 1. The average Bonchev–Trinajstić information content (AvgIpc) is 2.64. The number of carbonyl (C=O) groups excluding carboxylic acids is 2. The second kappa shape index (κ2) is 11.3. The van der Waals surface area contributed by atoms with Crippen LogP contribution in [0.15, 0.2) is 18.2 Å². The molecule has 1 aromatic carbocycles. The predicted molar refractivity (Wildman–Crippen MR) is 104 cm³/mol. The normalized spacial score (nSPS) is 12.9. The van der Waals surface area contributed by atoms with Gasteiger partial charge in [0, 0.05) is 0 Å². The molecule has 1 aromatic rings. The van der Waals surface area contributed by atoms with Gasteiger partial charge in [-0.3, -0.25) is 4.79 Å². The minimum Gasteiger partial charge on any atom is -0.493 e. The molecule has 7 nitrogen and oxygen atoms in total. The largest absolute Gasteiger partial charge is 0.493 e. The molecule has 2 unspecified atom stereocenters. The highest BCUT2D eigenvalue weighted by atomic mass is 16.5. The molecule has 27 heavy (non-hydrogen) atoms. The first-order chi connectivity index (χ1) is 12.8. The van der Waals surface area contributed by atoms with Gasteiger partial charge in [-0.25, -0.2) is 4.79 Å². The molecule has 0 aliphatic carbocycles. The number of nitrogens with one attached hydrogen (secondary N) is 2. The molecular formula is C20H32N2O5. The van der Waals surface area contributed by atoms with Gasteiger partial charge < -0.3 is 24.8 Å². The van der Waals surface area contributed by atoms with Gasteiger partial charge in [0.2, 0.25) is 5.91 Å². The lowest BCUT2D eigenvalue weighted by atomic mass is 10.0. The predicted octanol–water partition coefficient (Wildman–Crippen LogP) is 3.43. The Labute approximate surface area is 161 Å². The maximum Gasteiger partial charge on any atom is 0.407 e. The molecule has 0 aliphatic rings. The van der Waals surface area contributed by atoms with E-state index in [4.69, 9.17) is 14.2 Å². The van der Waals surface area contributed by atoms with Crippen molar-refractivity contribution in [3.05, 3.63) is 23.8 Å². The van der Waals surface area contributed by atoms with Crippen LogP contribution in [0.4, 0.5) is 4.79 Å². The van der Waals surface area contributed by atoms with Crippen LogP contribution >= 0.6 is 0 Å². The average molecular weight is 380 g/mol. The van der Waals surface area contributed by atoms with E-state index >= 15 is 0 Å². The van der Waals surface area contributed by atoms with Gasteiger partial charge in [-0.2, -0.15) is 0 Å². The van der Waals surface area contributed by atoms with Gasteiger partial charge in [0.05, 0.1) is 26.4 Å². The van der Waals surface area contributed by atoms with Crippen molar-refractivity contribution in [2.45, 2.75) is 53.1 Å². The van der Waals surface area contributed by atoms with Gasteiger partial charge in [-0.05, 0) is 43.9 Å². The summed E-state index contributed by atoms with van der Waals surface area (Å²) in [7, 11) is 1.58. The van der Waals surface area contributed by atoms with E-state index in [2.05, 4.69) is 10.6 Å². The molecule has 0 bridgehead atoms. The second-order valence-corrected chi connectivity index (χ2v) is 6.58. The molecule has 0 heterocycles. The molecule has 0 saturated carbocycles. The van der Waals surface area contributed by atoms with Crippen molar-refractivity contribution in [3.63, 3.8) is 0 Å². The van der Waals surface area contributed by atoms with E-state index in [-0.39, 0.29) is 24.5 Å². The fraction of sp³-hybridized carbons (Fsp3) is 0.600. The Kier molecular flexibility index (Phi) is 9.47. The fourth-order valence-corrected chi connectivity index (χ4v) is 2.51. The third-order valence-electron chi connectivity index (χ3n) is 4.01. The summed E-state index contributed by atoms with van der Waals surface area (Å²) in [6, 6.07) is 4.63. The van der Waals surface area contributed by atoms with Crippen molar-refractivity contribution >= 4 is 12.0 Å². The SMILES string of the molecule is CCCOc1ccc(C(C)NC(=O)C(NC(=O)OCC)C(C)C)cc1OC. The second-order valence-electron chi connectivity index (χ2n) is 6.58. The Morgan fingerprint density at radius 2 is 1.78 bits per heavy atom. The quantitative estimate of drug-likeness (QED) is 0.649. The van der Waals surface area contributed by atoms with Gasteiger partial charge in [0.1, 0.15) is 6.04 Å². The zero-order valence-electron chi connectivity index (χ0n) is 17.1. The monoisotopic (exact) mass is 380 g/mol. The Hall–Kier alpha value is -2.44. The summed E-state index contributed by atoms with van der Waals surface area (Å²) in [6.07, 6.45) is 0.305. The molecule has 2 N–H and O–H groups in total. The number of rotatable bonds is 10. The van der Waals surface area contributed by atoms with E-state index in [1.165, 1.54) is 0 Å². The van der Waals surface area contributed by atoms with Crippen molar-refractivity contribution in [1.29, 1.82) is 0 Å². The van der Waals surface area contributed by atoms with Crippen LogP contribution in [0.25, 0.3) is 0 Å². The molecule has 0 aliphatic heterocycles. The van der Waals surface area contributed by atoms with E-state index < -0.39 is 12.1 Å². The van der Waals surface area contributed by atoms with E-state index in [1.54, 1.807) is 14.0 Å². The van der Waals surface area contributed by atoms with Gasteiger partial charge in [-0.1, -0.05) is 26.8 Å². The molecule has 2 atom stereocenters. The molecule has 152 valence electrons. The van der Waals surface area contributed by atoms with E-state index in [0.29, 0.717) is 18.1 Å². The van der Waals surface area contributed by atoms with Gasteiger partial charge in [0.15, 0.2) is 11.5 Å². The Morgan fingerprint density at radius 3 is 2.33 bits per heavy atom. The summed E-state index contributed by atoms with van der Waals surface area (Å²) in [5, 5.41) is 5.54. The van der Waals surface area contributed by atoms with Crippen molar-refractivity contribution in [2.24, 2.45) is 5.92 Å². The molecule has 7 heteroatoms. The minimum atomic E-state index is -0.680. The number of carbonyl (C=O) groups is 2. The standard InChI is InChI=1S/C20H32N2O5/c1-7-11-27-16-10-9-15(12-17(16)25-6)14(5)21-19(23)18(13(3)4)22-20(24)26-8-2/h9-10,12-14,18H,7-8,11H2,1-6H3,(H,21,23)(H,22,24). The van der Waals surface area contributed by atoms with Gasteiger partial charge in [0.25, 0.3) is 0 Å². The van der Waals surface area contributed by atoms with E-state index in [0.717, 1.165) is 12.0 Å². The summed E-state index contributed by atoms with van der Waals surface area (Å²) < 4.78 is 15.9. The molecule has 0 spiro atoms. The molecule has 0 fully saturated rings. The number of alkyl carbamates (subject to hydrolysis) is 1. The van der Waals surface area contributed by atoms with Crippen LogP contribution in [0, 0.1) is 5.92 Å². The smallest absolute Gasteiger partial charge is 0.407 e. The first-order valence-electron chi connectivity index (χ1n) is 9.38. The van der Waals surface area contributed by atoms with E-state index in [9.17, 15) is 9.59 Å². The van der Waals surface area contributed by atoms with Gasteiger partial charge in [-0.15, -0.1) is 0 Å². The topological polar surface area (TPSA) is 85.9 Å².